The summed E-state index contributed by atoms with van der Waals surface area (Å²) in [5, 5.41) is 4.12. The van der Waals surface area contributed by atoms with E-state index < -0.39 is 0 Å². The van der Waals surface area contributed by atoms with Crippen molar-refractivity contribution in [1.29, 1.82) is 0 Å². The molecule has 0 aromatic heterocycles. The summed E-state index contributed by atoms with van der Waals surface area (Å²) in [7, 11) is 5.40. The smallest absolute Gasteiger partial charge is 0.241 e. The monoisotopic (exact) mass is 311 g/mol. The van der Waals surface area contributed by atoms with E-state index in [-0.39, 0.29) is 11.4 Å². The summed E-state index contributed by atoms with van der Waals surface area (Å²) >= 11 is 6.34. The summed E-state index contributed by atoms with van der Waals surface area (Å²) in [6.07, 6.45) is 0. The maximum atomic E-state index is 11.9. The van der Waals surface area contributed by atoms with Crippen LogP contribution in [-0.2, 0) is 11.3 Å². The number of amides is 1. The molecule has 0 spiro atoms. The normalized spacial score (nSPS) is 11.4. The van der Waals surface area contributed by atoms with Crippen molar-refractivity contribution in [3.8, 4) is 0 Å². The van der Waals surface area contributed by atoms with Crippen molar-refractivity contribution in [2.75, 3.05) is 32.6 Å². The lowest BCUT2D eigenvalue weighted by Crippen LogP contribution is -2.37. The van der Waals surface area contributed by atoms with Crippen molar-refractivity contribution >= 4 is 23.2 Å². The van der Waals surface area contributed by atoms with Crippen molar-refractivity contribution < 1.29 is 4.79 Å². The number of para-hydroxylation sites is 1. The molecule has 1 aromatic rings. The van der Waals surface area contributed by atoms with Gasteiger partial charge in [0.25, 0.3) is 0 Å². The van der Waals surface area contributed by atoms with Crippen molar-refractivity contribution in [3.05, 3.63) is 28.8 Å². The Balaban J connectivity index is 2.96. The van der Waals surface area contributed by atoms with Crippen LogP contribution >= 0.6 is 11.6 Å². The minimum Gasteiger partial charge on any atom is -0.364 e. The molecule has 1 rings (SSSR count). The van der Waals surface area contributed by atoms with E-state index in [1.165, 1.54) is 0 Å². The molecular weight excluding hydrogens is 286 g/mol. The number of benzene rings is 1. The summed E-state index contributed by atoms with van der Waals surface area (Å²) in [5.74, 6) is 0.0483. The van der Waals surface area contributed by atoms with Crippen molar-refractivity contribution in [1.82, 2.24) is 10.2 Å². The minimum absolute atomic E-state index is 0.0254. The summed E-state index contributed by atoms with van der Waals surface area (Å²) in [6, 6.07) is 5.83. The largest absolute Gasteiger partial charge is 0.364 e. The van der Waals surface area contributed by atoms with Crippen LogP contribution < -0.4 is 10.2 Å². The second-order valence-corrected chi connectivity index (χ2v) is 6.90. The third kappa shape index (κ3) is 5.56. The summed E-state index contributed by atoms with van der Waals surface area (Å²) < 4.78 is 0. The molecule has 0 heterocycles. The van der Waals surface area contributed by atoms with Gasteiger partial charge in [-0.15, -0.1) is 0 Å². The fraction of sp³-hybridized carbons (Fsp3) is 0.562. The molecule has 0 fully saturated rings. The molecule has 0 saturated heterocycles. The van der Waals surface area contributed by atoms with Crippen molar-refractivity contribution in [2.45, 2.75) is 32.9 Å². The first kappa shape index (κ1) is 17.8. The van der Waals surface area contributed by atoms with Crippen LogP contribution in [-0.4, -0.2) is 44.0 Å². The van der Waals surface area contributed by atoms with Crippen molar-refractivity contribution in [2.24, 2.45) is 0 Å². The zero-order valence-electron chi connectivity index (χ0n) is 13.8. The van der Waals surface area contributed by atoms with Crippen LogP contribution in [0.3, 0.4) is 0 Å². The number of likely N-dealkylation sites (N-methyl/N-ethyl adjacent to an activating group) is 2. The molecule has 0 radical (unpaired) electrons. The lowest BCUT2D eigenvalue weighted by Gasteiger charge is -2.27. The first-order chi connectivity index (χ1) is 9.61. The zero-order chi connectivity index (χ0) is 16.2. The number of anilines is 1. The number of hydrogen-bond acceptors (Lipinski definition) is 3. The Morgan fingerprint density at radius 2 is 1.86 bits per heavy atom. The third-order valence-electron chi connectivity index (χ3n) is 3.13. The molecule has 1 aromatic carbocycles. The van der Waals surface area contributed by atoms with Gasteiger partial charge in [-0.05, 0) is 32.4 Å². The van der Waals surface area contributed by atoms with Gasteiger partial charge >= 0.3 is 0 Å². The summed E-state index contributed by atoms with van der Waals surface area (Å²) in [4.78, 5) is 15.4. The number of carbonyl (C=O) groups is 1. The van der Waals surface area contributed by atoms with Gasteiger partial charge in [-0.1, -0.05) is 23.7 Å². The predicted octanol–water partition coefficient (Wildman–Crippen LogP) is 2.75. The number of hydrogen-bond donors (Lipinski definition) is 1. The Morgan fingerprint density at radius 3 is 2.38 bits per heavy atom. The first-order valence-electron chi connectivity index (χ1n) is 7.05. The molecule has 1 N–H and O–H groups in total. The van der Waals surface area contributed by atoms with E-state index in [0.717, 1.165) is 11.3 Å². The quantitative estimate of drug-likeness (QED) is 0.908. The maximum absolute atomic E-state index is 11.9. The molecule has 21 heavy (non-hydrogen) atoms. The van der Waals surface area contributed by atoms with Gasteiger partial charge in [0.15, 0.2) is 0 Å². The molecule has 5 heteroatoms. The molecule has 0 aliphatic carbocycles. The number of rotatable bonds is 5. The fourth-order valence-electron chi connectivity index (χ4n) is 1.91. The van der Waals surface area contributed by atoms with Gasteiger partial charge in [0, 0.05) is 33.2 Å². The van der Waals surface area contributed by atoms with Crippen LogP contribution in [0.5, 0.6) is 0 Å². The van der Waals surface area contributed by atoms with Gasteiger partial charge < -0.3 is 15.1 Å². The average molecular weight is 312 g/mol. The summed E-state index contributed by atoms with van der Waals surface area (Å²) in [6.45, 7) is 7.38. The Morgan fingerprint density at radius 1 is 1.24 bits per heavy atom. The minimum atomic E-state index is 0.0254. The second kappa shape index (κ2) is 7.14. The van der Waals surface area contributed by atoms with E-state index in [9.17, 15) is 4.79 Å². The highest BCUT2D eigenvalue weighted by molar-refractivity contribution is 6.33. The number of carbonyl (C=O) groups excluding carboxylic acids is 1. The molecule has 0 aliphatic rings. The SMILES string of the molecule is CN(C)C(=O)CN(C)c1c(Cl)cccc1CNC(C)(C)C. The molecule has 0 bridgehead atoms. The van der Waals surface area contributed by atoms with Crippen LogP contribution in [0, 0.1) is 0 Å². The van der Waals surface area contributed by atoms with Crippen molar-refractivity contribution in [3.63, 3.8) is 0 Å². The molecule has 118 valence electrons. The molecular formula is C16H26ClN3O. The Hall–Kier alpha value is -1.26. The third-order valence-corrected chi connectivity index (χ3v) is 3.44. The molecule has 0 atom stereocenters. The maximum Gasteiger partial charge on any atom is 0.241 e. The standard InChI is InChI=1S/C16H26ClN3O/c1-16(2,3)18-10-12-8-7-9-13(17)15(12)20(6)11-14(21)19(4)5/h7-9,18H,10-11H2,1-6H3. The number of nitrogens with one attached hydrogen (secondary N) is 1. The Bertz CT molecular complexity index is 495. The van der Waals surface area contributed by atoms with E-state index in [4.69, 9.17) is 11.6 Å². The highest BCUT2D eigenvalue weighted by Crippen LogP contribution is 2.29. The van der Waals surface area contributed by atoms with Gasteiger partial charge in [0.2, 0.25) is 5.91 Å². The number of nitrogens with zero attached hydrogens (tertiary/aromatic N) is 2. The molecule has 0 saturated carbocycles. The number of halogens is 1. The topological polar surface area (TPSA) is 35.6 Å². The average Bonchev–Trinajstić information content (AvgIpc) is 2.34. The van der Waals surface area contributed by atoms with E-state index in [1.54, 1.807) is 19.0 Å². The first-order valence-corrected chi connectivity index (χ1v) is 7.43. The second-order valence-electron chi connectivity index (χ2n) is 6.50. The predicted molar refractivity (Wildman–Crippen MR) is 90.0 cm³/mol. The van der Waals surface area contributed by atoms with E-state index in [2.05, 4.69) is 26.1 Å². The van der Waals surface area contributed by atoms with Crippen LogP contribution in [0.15, 0.2) is 18.2 Å². The molecule has 4 nitrogen and oxygen atoms in total. The van der Waals surface area contributed by atoms with Crippen LogP contribution in [0.4, 0.5) is 5.69 Å². The Kier molecular flexibility index (Phi) is 6.05. The Labute approximate surface area is 133 Å². The molecule has 0 aliphatic heterocycles. The lowest BCUT2D eigenvalue weighted by molar-refractivity contribution is -0.127. The lowest BCUT2D eigenvalue weighted by atomic mass is 10.1. The fourth-order valence-corrected chi connectivity index (χ4v) is 2.25. The van der Waals surface area contributed by atoms with E-state index in [0.29, 0.717) is 18.1 Å². The highest BCUT2D eigenvalue weighted by atomic mass is 35.5. The molecule has 1 amide bonds. The van der Waals surface area contributed by atoms with Crippen LogP contribution in [0.1, 0.15) is 26.3 Å². The van der Waals surface area contributed by atoms with E-state index >= 15 is 0 Å². The summed E-state index contributed by atoms with van der Waals surface area (Å²) in [5.41, 5.74) is 2.02. The van der Waals surface area contributed by atoms with Gasteiger partial charge in [-0.3, -0.25) is 4.79 Å². The van der Waals surface area contributed by atoms with Crippen LogP contribution in [0.25, 0.3) is 0 Å². The zero-order valence-corrected chi connectivity index (χ0v) is 14.6. The van der Waals surface area contributed by atoms with Gasteiger partial charge in [-0.2, -0.15) is 0 Å². The van der Waals surface area contributed by atoms with Gasteiger partial charge in [0.05, 0.1) is 17.3 Å². The van der Waals surface area contributed by atoms with Gasteiger partial charge in [0.1, 0.15) is 0 Å². The van der Waals surface area contributed by atoms with Crippen LogP contribution in [0.2, 0.25) is 5.02 Å². The molecule has 0 unspecified atom stereocenters. The highest BCUT2D eigenvalue weighted by Gasteiger charge is 2.17. The van der Waals surface area contributed by atoms with E-state index in [1.807, 2.05) is 30.1 Å². The van der Waals surface area contributed by atoms with Gasteiger partial charge in [-0.25, -0.2) is 0 Å².